The van der Waals surface area contributed by atoms with Crippen molar-refractivity contribution in [1.82, 2.24) is 4.31 Å². The summed E-state index contributed by atoms with van der Waals surface area (Å²) in [4.78, 5) is 13.0. The van der Waals surface area contributed by atoms with E-state index in [0.717, 1.165) is 8.61 Å². The monoisotopic (exact) mass is 577 g/mol. The van der Waals surface area contributed by atoms with Gasteiger partial charge in [0.15, 0.2) is 0 Å². The van der Waals surface area contributed by atoms with Gasteiger partial charge in [-0.2, -0.15) is 0 Å². The third-order valence-corrected chi connectivity index (χ3v) is 9.71. The van der Waals surface area contributed by atoms with Gasteiger partial charge in [-0.05, 0) is 67.1 Å². The molecule has 3 aromatic carbocycles. The SMILES string of the molecule is C=CCN(c1ccc(OC)cc1)S(=O)(=O)c1ccc(Cl)c(C(=O)Nc2ccc(C)c(S(=O)(=O)N(C)C)c2)c1. The first-order chi connectivity index (χ1) is 17.8. The van der Waals surface area contributed by atoms with Gasteiger partial charge in [0.05, 0.1) is 39.7 Å². The number of aryl methyl sites for hydroxylation is 1. The number of carbonyl (C=O) groups is 1. The number of halogens is 1. The average molecular weight is 578 g/mol. The first-order valence-electron chi connectivity index (χ1n) is 11.2. The maximum atomic E-state index is 13.6. The summed E-state index contributed by atoms with van der Waals surface area (Å²) in [6.07, 6.45) is 1.45. The highest BCUT2D eigenvalue weighted by atomic mass is 35.5. The molecule has 38 heavy (non-hydrogen) atoms. The van der Waals surface area contributed by atoms with Gasteiger partial charge in [0.25, 0.3) is 15.9 Å². The summed E-state index contributed by atoms with van der Waals surface area (Å²) in [7, 11) is -3.55. The Balaban J connectivity index is 1.98. The third-order valence-electron chi connectivity index (χ3n) is 5.63. The smallest absolute Gasteiger partial charge is 0.264 e. The molecule has 0 spiro atoms. The number of rotatable bonds is 10. The van der Waals surface area contributed by atoms with Crippen LogP contribution in [0.4, 0.5) is 11.4 Å². The normalized spacial score (nSPS) is 11.7. The van der Waals surface area contributed by atoms with E-state index in [0.29, 0.717) is 17.0 Å². The minimum absolute atomic E-state index is 0.0225. The summed E-state index contributed by atoms with van der Waals surface area (Å²) in [5.74, 6) is -0.142. The molecule has 0 heterocycles. The fourth-order valence-electron chi connectivity index (χ4n) is 3.53. The number of nitrogens with one attached hydrogen (secondary N) is 1. The van der Waals surface area contributed by atoms with Crippen LogP contribution in [0.2, 0.25) is 5.02 Å². The Hall–Kier alpha value is -3.38. The van der Waals surface area contributed by atoms with Crippen LogP contribution in [0, 0.1) is 6.92 Å². The Kier molecular flexibility index (Phi) is 8.88. The van der Waals surface area contributed by atoms with Crippen LogP contribution in [0.15, 0.2) is 83.1 Å². The molecule has 0 aromatic heterocycles. The Bertz CT molecular complexity index is 1570. The molecule has 0 radical (unpaired) electrons. The van der Waals surface area contributed by atoms with Crippen molar-refractivity contribution in [3.05, 3.63) is 89.5 Å². The van der Waals surface area contributed by atoms with Gasteiger partial charge in [-0.3, -0.25) is 9.10 Å². The molecule has 0 aliphatic carbocycles. The molecule has 0 fully saturated rings. The molecule has 0 saturated heterocycles. The lowest BCUT2D eigenvalue weighted by Gasteiger charge is -2.23. The molecule has 12 heteroatoms. The van der Waals surface area contributed by atoms with Gasteiger partial charge >= 0.3 is 0 Å². The number of ether oxygens (including phenoxy) is 1. The Morgan fingerprint density at radius 3 is 2.24 bits per heavy atom. The summed E-state index contributed by atoms with van der Waals surface area (Å²) in [5, 5.41) is 2.63. The number of hydrogen-bond donors (Lipinski definition) is 1. The molecule has 1 N–H and O–H groups in total. The quantitative estimate of drug-likeness (QED) is 0.354. The summed E-state index contributed by atoms with van der Waals surface area (Å²) < 4.78 is 59.8. The van der Waals surface area contributed by atoms with Crippen LogP contribution in [-0.2, 0) is 20.0 Å². The zero-order valence-corrected chi connectivity index (χ0v) is 23.7. The molecule has 0 saturated carbocycles. The maximum absolute atomic E-state index is 13.6. The van der Waals surface area contributed by atoms with Crippen molar-refractivity contribution in [1.29, 1.82) is 0 Å². The average Bonchev–Trinajstić information content (AvgIpc) is 2.88. The van der Waals surface area contributed by atoms with E-state index in [2.05, 4.69) is 11.9 Å². The van der Waals surface area contributed by atoms with Crippen molar-refractivity contribution in [3.63, 3.8) is 0 Å². The molecular weight excluding hydrogens is 550 g/mol. The first-order valence-corrected chi connectivity index (χ1v) is 14.5. The Morgan fingerprint density at radius 1 is 1.00 bits per heavy atom. The van der Waals surface area contributed by atoms with Crippen LogP contribution in [0.25, 0.3) is 0 Å². The molecule has 202 valence electrons. The highest BCUT2D eigenvalue weighted by molar-refractivity contribution is 7.92. The summed E-state index contributed by atoms with van der Waals surface area (Å²) in [5.41, 5.74) is 0.986. The van der Waals surface area contributed by atoms with Gasteiger partial charge in [-0.15, -0.1) is 6.58 Å². The molecule has 3 rings (SSSR count). The number of nitrogens with zero attached hydrogens (tertiary/aromatic N) is 2. The van der Waals surface area contributed by atoms with Gasteiger partial charge < -0.3 is 10.1 Å². The predicted molar refractivity (Wildman–Crippen MR) is 149 cm³/mol. The van der Waals surface area contributed by atoms with Gasteiger partial charge in [0, 0.05) is 19.8 Å². The van der Waals surface area contributed by atoms with Gasteiger partial charge in [-0.25, -0.2) is 21.1 Å². The molecule has 9 nitrogen and oxygen atoms in total. The van der Waals surface area contributed by atoms with E-state index >= 15 is 0 Å². The number of carbonyl (C=O) groups excluding carboxylic acids is 1. The molecule has 0 atom stereocenters. The second-order valence-corrected chi connectivity index (χ2v) is 12.8. The van der Waals surface area contributed by atoms with Crippen molar-refractivity contribution in [2.45, 2.75) is 16.7 Å². The number of benzene rings is 3. The fraction of sp³-hybridized carbons (Fsp3) is 0.192. The van der Waals surface area contributed by atoms with Crippen LogP contribution in [0.5, 0.6) is 5.75 Å². The lowest BCUT2D eigenvalue weighted by molar-refractivity contribution is 0.102. The number of hydrogen-bond acceptors (Lipinski definition) is 6. The van der Waals surface area contributed by atoms with E-state index in [1.165, 1.54) is 51.5 Å². The van der Waals surface area contributed by atoms with E-state index in [4.69, 9.17) is 16.3 Å². The number of anilines is 2. The van der Waals surface area contributed by atoms with Crippen LogP contribution in [0.3, 0.4) is 0 Å². The maximum Gasteiger partial charge on any atom is 0.264 e. The third kappa shape index (κ3) is 6.02. The summed E-state index contributed by atoms with van der Waals surface area (Å²) >= 11 is 6.27. The minimum atomic E-state index is -4.12. The van der Waals surface area contributed by atoms with Gasteiger partial charge in [0.1, 0.15) is 5.75 Å². The molecule has 0 unspecified atom stereocenters. The highest BCUT2D eigenvalue weighted by Gasteiger charge is 2.26. The van der Waals surface area contributed by atoms with Gasteiger partial charge in [-0.1, -0.05) is 23.7 Å². The van der Waals surface area contributed by atoms with Crippen LogP contribution >= 0.6 is 11.6 Å². The second kappa shape index (κ2) is 11.6. The van der Waals surface area contributed by atoms with Crippen LogP contribution in [-0.4, -0.2) is 54.8 Å². The molecule has 0 aliphatic rings. The van der Waals surface area contributed by atoms with Crippen molar-refractivity contribution in [3.8, 4) is 5.75 Å². The van der Waals surface area contributed by atoms with Crippen LogP contribution < -0.4 is 14.4 Å². The van der Waals surface area contributed by atoms with E-state index in [1.807, 2.05) is 0 Å². The lowest BCUT2D eigenvalue weighted by Crippen LogP contribution is -2.31. The number of sulfonamides is 2. The van der Waals surface area contributed by atoms with Crippen molar-refractivity contribution in [2.75, 3.05) is 37.4 Å². The molecule has 3 aromatic rings. The van der Waals surface area contributed by atoms with E-state index < -0.39 is 26.0 Å². The Morgan fingerprint density at radius 2 is 1.66 bits per heavy atom. The van der Waals surface area contributed by atoms with E-state index in [9.17, 15) is 21.6 Å². The van der Waals surface area contributed by atoms with Gasteiger partial charge in [0.2, 0.25) is 10.0 Å². The molecular formula is C26H28ClN3O6S2. The summed E-state index contributed by atoms with van der Waals surface area (Å²) in [6.45, 7) is 5.27. The molecule has 0 aliphatic heterocycles. The zero-order valence-electron chi connectivity index (χ0n) is 21.3. The molecule has 1 amide bonds. The van der Waals surface area contributed by atoms with E-state index in [1.54, 1.807) is 43.3 Å². The molecule has 0 bridgehead atoms. The lowest BCUT2D eigenvalue weighted by atomic mass is 10.2. The van der Waals surface area contributed by atoms with Crippen molar-refractivity contribution in [2.24, 2.45) is 0 Å². The summed E-state index contributed by atoms with van der Waals surface area (Å²) in [6, 6.07) is 14.7. The largest absolute Gasteiger partial charge is 0.497 e. The van der Waals surface area contributed by atoms with Crippen molar-refractivity contribution >= 4 is 48.9 Å². The highest BCUT2D eigenvalue weighted by Crippen LogP contribution is 2.29. The zero-order chi connectivity index (χ0) is 28.3. The van der Waals surface area contributed by atoms with Crippen molar-refractivity contribution < 1.29 is 26.4 Å². The minimum Gasteiger partial charge on any atom is -0.497 e. The topological polar surface area (TPSA) is 113 Å². The Labute approximate surface area is 228 Å². The second-order valence-electron chi connectivity index (χ2n) is 8.39. The van der Waals surface area contributed by atoms with Crippen LogP contribution in [0.1, 0.15) is 15.9 Å². The standard InChI is InChI=1S/C26H28ClN3O6S2/c1-6-15-30(20-9-11-21(36-5)12-10-20)37(32,33)22-13-14-24(27)23(17-22)26(31)28-19-8-7-18(2)25(16-19)38(34,35)29(3)4/h6-14,16-17H,1,15H2,2-5H3,(H,28,31). The number of methoxy groups -OCH3 is 1. The fourth-order valence-corrected chi connectivity index (χ4v) is 6.33. The predicted octanol–water partition coefficient (Wildman–Crippen LogP) is 4.54. The number of amides is 1. The first kappa shape index (κ1) is 29.2. The van der Waals surface area contributed by atoms with E-state index in [-0.39, 0.29) is 32.6 Å².